The van der Waals surface area contributed by atoms with Gasteiger partial charge in [-0.25, -0.2) is 0 Å². The topological polar surface area (TPSA) is 37.3 Å². The molecule has 1 aromatic rings. The van der Waals surface area contributed by atoms with Crippen molar-refractivity contribution in [3.8, 4) is 0 Å². The van der Waals surface area contributed by atoms with Crippen LogP contribution in [0.5, 0.6) is 0 Å². The van der Waals surface area contributed by atoms with E-state index in [1.54, 1.807) is 6.07 Å². The zero-order chi connectivity index (χ0) is 11.8. The van der Waals surface area contributed by atoms with Gasteiger partial charge in [0.1, 0.15) is 12.0 Å². The molecule has 2 heteroatoms. The maximum absolute atomic E-state index is 10.8. The van der Waals surface area contributed by atoms with Crippen molar-refractivity contribution in [2.45, 2.75) is 25.7 Å². The highest BCUT2D eigenvalue weighted by atomic mass is 16.3. The monoisotopic (exact) mass is 228 g/mol. The van der Waals surface area contributed by atoms with E-state index in [2.05, 4.69) is 0 Å². The van der Waals surface area contributed by atoms with E-state index < -0.39 is 0 Å². The molecule has 0 bridgehead atoms. The molecule has 1 fully saturated rings. The molecule has 17 heavy (non-hydrogen) atoms. The van der Waals surface area contributed by atoms with E-state index in [-0.39, 0.29) is 0 Å². The van der Waals surface area contributed by atoms with Crippen LogP contribution >= 0.6 is 0 Å². The lowest BCUT2D eigenvalue weighted by molar-refractivity contribution is 0.112. The summed E-state index contributed by atoms with van der Waals surface area (Å²) in [6.45, 7) is 0. The molecule has 2 nitrogen and oxygen atoms in total. The molecule has 0 aliphatic heterocycles. The van der Waals surface area contributed by atoms with Crippen LogP contribution in [0.25, 0.3) is 5.76 Å². The highest BCUT2D eigenvalue weighted by Gasteiger charge is 2.31. The summed E-state index contributed by atoms with van der Waals surface area (Å²) in [5.74, 6) is 1.69. The van der Waals surface area contributed by atoms with Crippen molar-refractivity contribution < 1.29 is 9.90 Å². The minimum atomic E-state index is 0.395. The number of aliphatic hydroxyl groups is 1. The number of carbonyl (C=O) groups excluding carboxylic acids is 1. The zero-order valence-electron chi connectivity index (χ0n) is 9.73. The molecule has 0 saturated heterocycles. The van der Waals surface area contributed by atoms with Crippen LogP contribution in [0.3, 0.4) is 0 Å². The number of carbonyl (C=O) groups is 1. The van der Waals surface area contributed by atoms with Crippen LogP contribution in [0, 0.1) is 11.8 Å². The number of aliphatic hydroxyl groups excluding tert-OH is 1. The molecule has 3 rings (SSSR count). The molecule has 0 spiro atoms. The first-order valence-electron chi connectivity index (χ1n) is 6.27. The van der Waals surface area contributed by atoms with E-state index in [1.807, 2.05) is 18.2 Å². The standard InChI is InChI=1S/C15H16O2/c16-9-10-1-6-14-13(7-10)5-4-12(8-15(14)17)11-2-3-11/h1,6-9,11-12,17H,2-5H2. The van der Waals surface area contributed by atoms with E-state index in [0.29, 0.717) is 17.2 Å². The molecular weight excluding hydrogens is 212 g/mol. The van der Waals surface area contributed by atoms with Gasteiger partial charge in [-0.3, -0.25) is 4.79 Å². The third-order valence-electron chi connectivity index (χ3n) is 3.89. The Hall–Kier alpha value is -1.57. The van der Waals surface area contributed by atoms with Crippen molar-refractivity contribution in [2.24, 2.45) is 11.8 Å². The SMILES string of the molecule is O=Cc1ccc2c(c1)CCC(C1CC1)C=C2O. The minimum Gasteiger partial charge on any atom is -0.508 e. The Bertz CT molecular complexity index is 484. The van der Waals surface area contributed by atoms with Crippen LogP contribution in [-0.4, -0.2) is 11.4 Å². The summed E-state index contributed by atoms with van der Waals surface area (Å²) >= 11 is 0. The van der Waals surface area contributed by atoms with Crippen molar-refractivity contribution in [2.75, 3.05) is 0 Å². The second-order valence-electron chi connectivity index (χ2n) is 5.13. The number of rotatable bonds is 2. The van der Waals surface area contributed by atoms with Crippen LogP contribution in [0.4, 0.5) is 0 Å². The lowest BCUT2D eigenvalue weighted by Gasteiger charge is -2.08. The van der Waals surface area contributed by atoms with Gasteiger partial charge in [-0.2, -0.15) is 0 Å². The lowest BCUT2D eigenvalue weighted by Crippen LogP contribution is -1.99. The Labute approximate surface area is 101 Å². The Morgan fingerprint density at radius 3 is 2.76 bits per heavy atom. The van der Waals surface area contributed by atoms with Gasteiger partial charge in [0.05, 0.1) is 0 Å². The van der Waals surface area contributed by atoms with Gasteiger partial charge in [0.25, 0.3) is 0 Å². The normalized spacial score (nSPS) is 23.5. The number of aldehydes is 1. The first-order chi connectivity index (χ1) is 8.28. The van der Waals surface area contributed by atoms with Gasteiger partial charge < -0.3 is 5.11 Å². The van der Waals surface area contributed by atoms with Crippen molar-refractivity contribution >= 4 is 12.0 Å². The largest absolute Gasteiger partial charge is 0.508 e. The molecule has 0 aromatic heterocycles. The van der Waals surface area contributed by atoms with E-state index >= 15 is 0 Å². The smallest absolute Gasteiger partial charge is 0.150 e. The third-order valence-corrected chi connectivity index (χ3v) is 3.89. The quantitative estimate of drug-likeness (QED) is 0.788. The highest BCUT2D eigenvalue weighted by molar-refractivity contribution is 5.77. The zero-order valence-corrected chi connectivity index (χ0v) is 9.73. The predicted octanol–water partition coefficient (Wildman–Crippen LogP) is 3.37. The van der Waals surface area contributed by atoms with Crippen LogP contribution in [0.15, 0.2) is 24.3 Å². The summed E-state index contributed by atoms with van der Waals surface area (Å²) in [5, 5.41) is 10.1. The van der Waals surface area contributed by atoms with E-state index in [1.165, 1.54) is 12.8 Å². The van der Waals surface area contributed by atoms with Crippen LogP contribution in [0.2, 0.25) is 0 Å². The maximum Gasteiger partial charge on any atom is 0.150 e. The second kappa shape index (κ2) is 4.02. The molecule has 0 amide bonds. The minimum absolute atomic E-state index is 0.395. The maximum atomic E-state index is 10.8. The lowest BCUT2D eigenvalue weighted by atomic mass is 9.96. The number of hydrogen-bond donors (Lipinski definition) is 1. The van der Waals surface area contributed by atoms with Crippen LogP contribution in [0.1, 0.15) is 40.7 Å². The first-order valence-corrected chi connectivity index (χ1v) is 6.27. The Kier molecular flexibility index (Phi) is 2.50. The molecule has 1 N–H and O–H groups in total. The Morgan fingerprint density at radius 2 is 2.06 bits per heavy atom. The molecule has 0 radical (unpaired) electrons. The average molecular weight is 228 g/mol. The number of benzene rings is 1. The van der Waals surface area contributed by atoms with Gasteiger partial charge in [0.2, 0.25) is 0 Å². The fourth-order valence-corrected chi connectivity index (χ4v) is 2.74. The van der Waals surface area contributed by atoms with Gasteiger partial charge in [0.15, 0.2) is 0 Å². The number of hydrogen-bond acceptors (Lipinski definition) is 2. The molecule has 1 atom stereocenters. The highest BCUT2D eigenvalue weighted by Crippen LogP contribution is 2.42. The fraction of sp³-hybridized carbons (Fsp3) is 0.400. The summed E-state index contributed by atoms with van der Waals surface area (Å²) in [5.41, 5.74) is 2.70. The van der Waals surface area contributed by atoms with E-state index in [9.17, 15) is 9.90 Å². The first kappa shape index (κ1) is 10.6. The van der Waals surface area contributed by atoms with Crippen molar-refractivity contribution in [3.05, 3.63) is 41.0 Å². The molecular formula is C15H16O2. The van der Waals surface area contributed by atoms with Gasteiger partial charge in [-0.05, 0) is 55.2 Å². The van der Waals surface area contributed by atoms with Crippen molar-refractivity contribution in [3.63, 3.8) is 0 Å². The number of allylic oxidation sites excluding steroid dienone is 1. The Balaban J connectivity index is 1.97. The second-order valence-corrected chi connectivity index (χ2v) is 5.13. The van der Waals surface area contributed by atoms with Crippen molar-refractivity contribution in [1.82, 2.24) is 0 Å². The molecule has 1 aromatic carbocycles. The van der Waals surface area contributed by atoms with Crippen molar-refractivity contribution in [1.29, 1.82) is 0 Å². The summed E-state index contributed by atoms with van der Waals surface area (Å²) in [6.07, 6.45) is 7.52. The molecule has 2 aliphatic carbocycles. The van der Waals surface area contributed by atoms with Crippen LogP contribution in [-0.2, 0) is 6.42 Å². The summed E-state index contributed by atoms with van der Waals surface area (Å²) in [4.78, 5) is 10.8. The predicted molar refractivity (Wildman–Crippen MR) is 67.0 cm³/mol. The summed E-state index contributed by atoms with van der Waals surface area (Å²) in [7, 11) is 0. The average Bonchev–Trinajstić information content (AvgIpc) is 3.17. The van der Waals surface area contributed by atoms with Gasteiger partial charge >= 0.3 is 0 Å². The van der Waals surface area contributed by atoms with E-state index in [4.69, 9.17) is 0 Å². The molecule has 1 unspecified atom stereocenters. The molecule has 88 valence electrons. The number of aryl methyl sites for hydroxylation is 1. The van der Waals surface area contributed by atoms with E-state index in [0.717, 1.165) is 36.2 Å². The number of fused-ring (bicyclic) bond motifs is 1. The van der Waals surface area contributed by atoms with Gasteiger partial charge in [-0.15, -0.1) is 0 Å². The fourth-order valence-electron chi connectivity index (χ4n) is 2.74. The Morgan fingerprint density at radius 1 is 1.24 bits per heavy atom. The third kappa shape index (κ3) is 1.99. The molecule has 2 aliphatic rings. The molecule has 0 heterocycles. The van der Waals surface area contributed by atoms with Gasteiger partial charge in [-0.1, -0.05) is 12.1 Å². The summed E-state index contributed by atoms with van der Waals surface area (Å²) in [6, 6.07) is 5.54. The summed E-state index contributed by atoms with van der Waals surface area (Å²) < 4.78 is 0. The van der Waals surface area contributed by atoms with Gasteiger partial charge in [0, 0.05) is 11.1 Å². The molecule has 1 saturated carbocycles. The van der Waals surface area contributed by atoms with Crippen LogP contribution < -0.4 is 0 Å².